The number of rotatable bonds is 5. The Morgan fingerprint density at radius 2 is 1.30 bits per heavy atom. The van der Waals surface area contributed by atoms with Crippen molar-refractivity contribution in [2.24, 2.45) is 0 Å². The third-order valence-corrected chi connectivity index (χ3v) is 9.39. The Bertz CT molecular complexity index is 594. The Morgan fingerprint density at radius 3 is 1.65 bits per heavy atom. The van der Waals surface area contributed by atoms with Crippen LogP contribution in [0.2, 0.25) is 5.04 Å². The zero-order valence-electron chi connectivity index (χ0n) is 13.7. The van der Waals surface area contributed by atoms with Gasteiger partial charge in [-0.15, -0.1) is 0 Å². The molecule has 0 unspecified atom stereocenters. The predicted molar refractivity (Wildman–Crippen MR) is 109 cm³/mol. The molecule has 23 heavy (non-hydrogen) atoms. The average Bonchev–Trinajstić information content (AvgIpc) is 2.52. The Balaban J connectivity index is 2.64. The van der Waals surface area contributed by atoms with Crippen LogP contribution >= 0.6 is 31.9 Å². The van der Waals surface area contributed by atoms with Crippen molar-refractivity contribution in [1.29, 1.82) is 0 Å². The van der Waals surface area contributed by atoms with Crippen LogP contribution in [0.4, 0.5) is 0 Å². The summed E-state index contributed by atoms with van der Waals surface area (Å²) in [6.45, 7) is 6.81. The SMILES string of the molecule is CC(C)(C)[Si](O/C=C/C(Br)Br)(c1ccccc1)c1ccccc1. The summed E-state index contributed by atoms with van der Waals surface area (Å²) in [5.41, 5.74) is 0. The van der Waals surface area contributed by atoms with Crippen LogP contribution < -0.4 is 10.4 Å². The second kappa shape index (κ2) is 7.82. The zero-order valence-corrected chi connectivity index (χ0v) is 17.8. The molecule has 0 atom stereocenters. The topological polar surface area (TPSA) is 9.23 Å². The van der Waals surface area contributed by atoms with E-state index >= 15 is 0 Å². The average molecular weight is 454 g/mol. The minimum Gasteiger partial charge on any atom is -0.540 e. The largest absolute Gasteiger partial charge is 0.540 e. The molecule has 0 radical (unpaired) electrons. The minimum absolute atomic E-state index is 0.00578. The maximum atomic E-state index is 6.58. The Kier molecular flexibility index (Phi) is 6.29. The van der Waals surface area contributed by atoms with E-state index in [-0.39, 0.29) is 8.77 Å². The zero-order chi connectivity index (χ0) is 16.9. The highest BCUT2D eigenvalue weighted by molar-refractivity contribution is 9.24. The molecule has 0 N–H and O–H groups in total. The minimum atomic E-state index is -2.44. The molecule has 0 aliphatic heterocycles. The number of benzene rings is 2. The van der Waals surface area contributed by atoms with Crippen LogP contribution in [-0.4, -0.2) is 12.1 Å². The van der Waals surface area contributed by atoms with E-state index in [9.17, 15) is 0 Å². The summed E-state index contributed by atoms with van der Waals surface area (Å²) in [5, 5.41) is 2.56. The summed E-state index contributed by atoms with van der Waals surface area (Å²) in [6, 6.07) is 21.3. The van der Waals surface area contributed by atoms with Gasteiger partial charge in [0, 0.05) is 0 Å². The molecule has 0 amide bonds. The van der Waals surface area contributed by atoms with E-state index in [1.807, 2.05) is 12.3 Å². The van der Waals surface area contributed by atoms with Gasteiger partial charge in [0.25, 0.3) is 0 Å². The molecule has 0 heterocycles. The van der Waals surface area contributed by atoms with Gasteiger partial charge >= 0.3 is 8.32 Å². The second-order valence-corrected chi connectivity index (χ2v) is 13.9. The lowest BCUT2D eigenvalue weighted by Crippen LogP contribution is -2.65. The van der Waals surface area contributed by atoms with Gasteiger partial charge in [0.1, 0.15) is 0 Å². The van der Waals surface area contributed by atoms with E-state index in [1.54, 1.807) is 0 Å². The molecule has 0 spiro atoms. The third-order valence-electron chi connectivity index (χ3n) is 3.89. The van der Waals surface area contributed by atoms with Gasteiger partial charge in [-0.25, -0.2) is 0 Å². The van der Waals surface area contributed by atoms with Crippen LogP contribution in [-0.2, 0) is 4.43 Å². The van der Waals surface area contributed by atoms with Gasteiger partial charge in [0.05, 0.1) is 10.00 Å². The van der Waals surface area contributed by atoms with Gasteiger partial charge in [0.2, 0.25) is 0 Å². The number of halogens is 2. The monoisotopic (exact) mass is 452 g/mol. The molecule has 0 saturated heterocycles. The maximum Gasteiger partial charge on any atom is 0.319 e. The van der Waals surface area contributed by atoms with Crippen LogP contribution in [0.25, 0.3) is 0 Å². The van der Waals surface area contributed by atoms with Gasteiger partial charge in [0.15, 0.2) is 0 Å². The van der Waals surface area contributed by atoms with Crippen molar-refractivity contribution in [2.45, 2.75) is 29.5 Å². The molecule has 4 heteroatoms. The fourth-order valence-corrected chi connectivity index (χ4v) is 7.44. The first-order valence-corrected chi connectivity index (χ1v) is 11.4. The molecule has 1 nitrogen and oxygen atoms in total. The van der Waals surface area contributed by atoms with Crippen molar-refractivity contribution in [2.75, 3.05) is 0 Å². The van der Waals surface area contributed by atoms with E-state index in [2.05, 4.69) is 113 Å². The van der Waals surface area contributed by atoms with Crippen LogP contribution in [0.1, 0.15) is 20.8 Å². The molecule has 122 valence electrons. The molecule has 0 aliphatic carbocycles. The molecule has 2 aromatic carbocycles. The third kappa shape index (κ3) is 4.17. The summed E-state index contributed by atoms with van der Waals surface area (Å²) in [5.74, 6) is 0. The number of allylic oxidation sites excluding steroid dienone is 1. The highest BCUT2D eigenvalue weighted by atomic mass is 79.9. The smallest absolute Gasteiger partial charge is 0.319 e. The summed E-state index contributed by atoms with van der Waals surface area (Å²) >= 11 is 6.94. The second-order valence-electron chi connectivity index (χ2n) is 6.44. The van der Waals surface area contributed by atoms with Crippen LogP contribution in [0.15, 0.2) is 73.0 Å². The fraction of sp³-hybridized carbons (Fsp3) is 0.263. The van der Waals surface area contributed by atoms with Crippen LogP contribution in [0, 0.1) is 0 Å². The summed E-state index contributed by atoms with van der Waals surface area (Å²) < 4.78 is 6.68. The number of hydrogen-bond acceptors (Lipinski definition) is 1. The Labute approximate surface area is 157 Å². The standard InChI is InChI=1S/C19H22Br2OSi/c1-19(2,3)23(22-15-14-18(20)21,16-10-6-4-7-11-16)17-12-8-5-9-13-17/h4-15,18H,1-3H3/b15-14+. The number of hydrogen-bond donors (Lipinski definition) is 0. The van der Waals surface area contributed by atoms with Crippen LogP contribution in [0.3, 0.4) is 0 Å². The van der Waals surface area contributed by atoms with E-state index in [0.717, 1.165) is 0 Å². The molecular weight excluding hydrogens is 432 g/mol. The molecule has 0 saturated carbocycles. The summed E-state index contributed by atoms with van der Waals surface area (Å²) in [4.78, 5) is 0. The molecule has 0 fully saturated rings. The van der Waals surface area contributed by atoms with Gasteiger partial charge in [-0.1, -0.05) is 113 Å². The van der Waals surface area contributed by atoms with Gasteiger partial charge in [-0.05, 0) is 21.5 Å². The van der Waals surface area contributed by atoms with E-state index in [1.165, 1.54) is 10.4 Å². The van der Waals surface area contributed by atoms with Crippen molar-refractivity contribution in [3.05, 3.63) is 73.0 Å². The van der Waals surface area contributed by atoms with Crippen molar-refractivity contribution in [3.8, 4) is 0 Å². The van der Waals surface area contributed by atoms with Crippen LogP contribution in [0.5, 0.6) is 0 Å². The van der Waals surface area contributed by atoms with E-state index in [4.69, 9.17) is 4.43 Å². The molecular formula is C19H22Br2OSi. The predicted octanol–water partition coefficient (Wildman–Crippen LogP) is 5.19. The maximum absolute atomic E-state index is 6.58. The lowest BCUT2D eigenvalue weighted by atomic mass is 10.2. The quantitative estimate of drug-likeness (QED) is 0.343. The highest BCUT2D eigenvalue weighted by Gasteiger charge is 2.51. The first-order valence-electron chi connectivity index (χ1n) is 7.61. The van der Waals surface area contributed by atoms with Crippen molar-refractivity contribution >= 4 is 50.6 Å². The van der Waals surface area contributed by atoms with Gasteiger partial charge in [-0.3, -0.25) is 0 Å². The highest BCUT2D eigenvalue weighted by Crippen LogP contribution is 2.36. The van der Waals surface area contributed by atoms with Gasteiger partial charge in [-0.2, -0.15) is 0 Å². The van der Waals surface area contributed by atoms with Crippen molar-refractivity contribution < 1.29 is 4.43 Å². The molecule has 2 rings (SSSR count). The van der Waals surface area contributed by atoms with E-state index in [0.29, 0.717) is 0 Å². The summed E-state index contributed by atoms with van der Waals surface area (Å²) in [7, 11) is -2.44. The lowest BCUT2D eigenvalue weighted by molar-refractivity contribution is 0.444. The van der Waals surface area contributed by atoms with Gasteiger partial charge < -0.3 is 4.43 Å². The Hall–Kier alpha value is -0.843. The normalized spacial score (nSPS) is 12.8. The first kappa shape index (κ1) is 18.5. The molecule has 0 bridgehead atoms. The first-order chi connectivity index (χ1) is 10.9. The lowest BCUT2D eigenvalue weighted by Gasteiger charge is -2.41. The molecule has 0 aliphatic rings. The Morgan fingerprint density at radius 1 is 0.870 bits per heavy atom. The van der Waals surface area contributed by atoms with Crippen molar-refractivity contribution in [1.82, 2.24) is 0 Å². The molecule has 2 aromatic rings. The number of alkyl halides is 2. The van der Waals surface area contributed by atoms with Crippen molar-refractivity contribution in [3.63, 3.8) is 0 Å². The summed E-state index contributed by atoms with van der Waals surface area (Å²) in [6.07, 6.45) is 3.81. The fourth-order valence-electron chi connectivity index (χ4n) is 2.89. The van der Waals surface area contributed by atoms with E-state index < -0.39 is 8.32 Å². The molecule has 0 aromatic heterocycles.